The van der Waals surface area contributed by atoms with Crippen molar-refractivity contribution >= 4 is 29.9 Å². The molecule has 0 heterocycles. The number of carbonyl (C=O) groups is 3. The average Bonchev–Trinajstić information content (AvgIpc) is 2.01. The molecule has 0 spiro atoms. The minimum absolute atomic E-state index is 0.329. The van der Waals surface area contributed by atoms with Crippen molar-refractivity contribution in [1.29, 1.82) is 0 Å². The number of esters is 1. The number of ether oxygens (including phenoxy) is 1. The first-order valence-electron chi connectivity index (χ1n) is 3.48. The molecule has 0 aromatic carbocycles. The average molecular weight is 273 g/mol. The van der Waals surface area contributed by atoms with Crippen LogP contribution < -0.4 is 0 Å². The van der Waals surface area contributed by atoms with Gasteiger partial charge in [-0.05, 0) is 5.54 Å². The largest absolute Gasteiger partial charge is 0.503 e. The highest BCUT2D eigenvalue weighted by molar-refractivity contribution is 6.25. The summed E-state index contributed by atoms with van der Waals surface area (Å²) in [6.45, 7) is 7.61. The Morgan fingerprint density at radius 3 is 1.24 bits per heavy atom. The highest BCUT2D eigenvalue weighted by Gasteiger charge is 1.79. The first kappa shape index (κ1) is 24.2. The summed E-state index contributed by atoms with van der Waals surface area (Å²) < 4.78 is 4.17. The molecule has 0 aliphatic carbocycles. The molecular formula is C8H13ClO8. The first-order chi connectivity index (χ1) is 7.65. The quantitative estimate of drug-likeness (QED) is 0.421. The molecular weight excluding hydrogens is 260 g/mol. The zero-order chi connectivity index (χ0) is 14.9. The second kappa shape index (κ2) is 23.5. The Bertz CT molecular complexity index is 218. The Labute approximate surface area is 102 Å². The van der Waals surface area contributed by atoms with Gasteiger partial charge in [0.05, 0.1) is 6.26 Å². The van der Waals surface area contributed by atoms with Crippen molar-refractivity contribution in [3.8, 4) is 0 Å². The van der Waals surface area contributed by atoms with E-state index in [1.165, 1.54) is 12.5 Å². The fraction of sp³-hybridized carbons (Fsp3) is 0.125. The smallest absolute Gasteiger partial charge is 0.450 e. The molecule has 0 bridgehead atoms. The van der Waals surface area contributed by atoms with Gasteiger partial charge in [0.1, 0.15) is 0 Å². The van der Waals surface area contributed by atoms with E-state index in [0.29, 0.717) is 0 Å². The zero-order valence-electron chi connectivity index (χ0n) is 8.87. The molecule has 17 heavy (non-hydrogen) atoms. The van der Waals surface area contributed by atoms with Gasteiger partial charge in [-0.25, -0.2) is 9.59 Å². The van der Waals surface area contributed by atoms with Crippen LogP contribution >= 0.6 is 11.6 Å². The summed E-state index contributed by atoms with van der Waals surface area (Å²) in [5.74, 6) is -0.329. The zero-order valence-corrected chi connectivity index (χ0v) is 9.62. The van der Waals surface area contributed by atoms with Crippen molar-refractivity contribution in [1.82, 2.24) is 0 Å². The number of rotatable bonds is 1. The van der Waals surface area contributed by atoms with E-state index in [1.807, 2.05) is 0 Å². The maximum absolute atomic E-state index is 9.75. The summed E-state index contributed by atoms with van der Waals surface area (Å²) in [7, 11) is 0. The van der Waals surface area contributed by atoms with Gasteiger partial charge in [-0.2, -0.15) is 0 Å². The van der Waals surface area contributed by atoms with Gasteiger partial charge in [0.15, 0.2) is 0 Å². The molecule has 0 saturated carbocycles. The van der Waals surface area contributed by atoms with Gasteiger partial charge < -0.3 is 25.2 Å². The van der Waals surface area contributed by atoms with E-state index in [2.05, 4.69) is 17.9 Å². The SMILES string of the molecule is C=CCl.C=COC(C)=O.O=C(O)O.O=C(O)O. The van der Waals surface area contributed by atoms with E-state index in [4.69, 9.17) is 41.6 Å². The van der Waals surface area contributed by atoms with Crippen LogP contribution in [-0.4, -0.2) is 38.7 Å². The summed E-state index contributed by atoms with van der Waals surface area (Å²) in [4.78, 5) is 26.9. The minimum Gasteiger partial charge on any atom is -0.450 e. The molecule has 0 unspecified atom stereocenters. The lowest BCUT2D eigenvalue weighted by molar-refractivity contribution is -0.135. The summed E-state index contributed by atoms with van der Waals surface area (Å²) in [6, 6.07) is 0. The molecule has 0 saturated heterocycles. The predicted octanol–water partition coefficient (Wildman–Crippen LogP) is 2.51. The maximum Gasteiger partial charge on any atom is 0.503 e. The normalized spacial score (nSPS) is 6.00. The highest BCUT2D eigenvalue weighted by Crippen LogP contribution is 1.70. The van der Waals surface area contributed by atoms with Crippen molar-refractivity contribution in [3.05, 3.63) is 25.0 Å². The number of halogens is 1. The summed E-state index contributed by atoms with van der Waals surface area (Å²) in [6.07, 6.45) is -2.57. The van der Waals surface area contributed by atoms with Crippen LogP contribution in [0, 0.1) is 0 Å². The molecule has 4 N–H and O–H groups in total. The summed E-state index contributed by atoms with van der Waals surface area (Å²) >= 11 is 4.76. The third-order valence-corrected chi connectivity index (χ3v) is 0.249. The van der Waals surface area contributed by atoms with Gasteiger partial charge in [0.25, 0.3) is 0 Å². The van der Waals surface area contributed by atoms with Gasteiger partial charge in [0, 0.05) is 6.92 Å². The van der Waals surface area contributed by atoms with Gasteiger partial charge in [-0.15, -0.1) is 0 Å². The van der Waals surface area contributed by atoms with Crippen LogP contribution in [0.15, 0.2) is 25.0 Å². The Kier molecular flexibility index (Phi) is 33.4. The van der Waals surface area contributed by atoms with Gasteiger partial charge in [-0.3, -0.25) is 4.79 Å². The van der Waals surface area contributed by atoms with Gasteiger partial charge in [0.2, 0.25) is 0 Å². The van der Waals surface area contributed by atoms with Crippen LogP contribution in [0.3, 0.4) is 0 Å². The van der Waals surface area contributed by atoms with E-state index in [0.717, 1.165) is 6.26 Å². The van der Waals surface area contributed by atoms with E-state index in [-0.39, 0.29) is 5.97 Å². The molecule has 100 valence electrons. The molecule has 0 aromatic rings. The molecule has 0 fully saturated rings. The van der Waals surface area contributed by atoms with Gasteiger partial charge >= 0.3 is 18.3 Å². The number of hydrogen-bond donors (Lipinski definition) is 4. The number of carboxylic acid groups (broad SMARTS) is 4. The van der Waals surface area contributed by atoms with Crippen molar-refractivity contribution in [2.24, 2.45) is 0 Å². The molecule has 0 aliphatic heterocycles. The van der Waals surface area contributed by atoms with Crippen molar-refractivity contribution in [2.75, 3.05) is 0 Å². The number of hydrogen-bond acceptors (Lipinski definition) is 4. The molecule has 8 nitrogen and oxygen atoms in total. The molecule has 9 heteroatoms. The van der Waals surface area contributed by atoms with Crippen LogP contribution in [0.5, 0.6) is 0 Å². The van der Waals surface area contributed by atoms with Crippen molar-refractivity contribution in [3.63, 3.8) is 0 Å². The van der Waals surface area contributed by atoms with E-state index < -0.39 is 12.3 Å². The molecule has 0 atom stereocenters. The molecule has 0 aliphatic rings. The van der Waals surface area contributed by atoms with Crippen molar-refractivity contribution < 1.29 is 39.5 Å². The molecule has 0 rings (SSSR count). The second-order valence-corrected chi connectivity index (χ2v) is 1.80. The highest BCUT2D eigenvalue weighted by atomic mass is 35.5. The lowest BCUT2D eigenvalue weighted by Gasteiger charge is -1.83. The third-order valence-electron chi connectivity index (χ3n) is 0.249. The fourth-order valence-electron chi connectivity index (χ4n) is 0.117. The monoisotopic (exact) mass is 272 g/mol. The summed E-state index contributed by atoms with van der Waals surface area (Å²) in [5.41, 5.74) is 1.22. The van der Waals surface area contributed by atoms with E-state index >= 15 is 0 Å². The topological polar surface area (TPSA) is 141 Å². The molecule has 0 radical (unpaired) electrons. The Balaban J connectivity index is -0.0000000688. The van der Waals surface area contributed by atoms with Crippen LogP contribution in [0.25, 0.3) is 0 Å². The second-order valence-electron chi connectivity index (χ2n) is 1.50. The first-order valence-corrected chi connectivity index (χ1v) is 3.92. The van der Waals surface area contributed by atoms with Crippen LogP contribution in [0.2, 0.25) is 0 Å². The van der Waals surface area contributed by atoms with Crippen LogP contribution in [0.1, 0.15) is 6.92 Å². The lowest BCUT2D eigenvalue weighted by atomic mass is 10.8. The Hall–Kier alpha value is -2.22. The lowest BCUT2D eigenvalue weighted by Crippen LogP contribution is -1.87. The molecule has 0 amide bonds. The van der Waals surface area contributed by atoms with Crippen LogP contribution in [-0.2, 0) is 9.53 Å². The van der Waals surface area contributed by atoms with E-state index in [1.54, 1.807) is 0 Å². The fourth-order valence-corrected chi connectivity index (χ4v) is 0.117. The van der Waals surface area contributed by atoms with Crippen LogP contribution in [0.4, 0.5) is 9.59 Å². The Morgan fingerprint density at radius 1 is 1.06 bits per heavy atom. The molecule has 0 aromatic heterocycles. The Morgan fingerprint density at radius 2 is 1.24 bits per heavy atom. The summed E-state index contributed by atoms with van der Waals surface area (Å²) in [5, 5.41) is 27.9. The van der Waals surface area contributed by atoms with Gasteiger partial charge in [-0.1, -0.05) is 24.8 Å². The standard InChI is InChI=1S/C4H6O2.C2H3Cl.2CH2O3/c1-3-6-4(2)5;1-2-3;2*2-1(3)4/h3H,1H2,2H3;2H,1H2;2*(H2,2,3,4). The van der Waals surface area contributed by atoms with E-state index in [9.17, 15) is 4.79 Å². The van der Waals surface area contributed by atoms with Crippen molar-refractivity contribution in [2.45, 2.75) is 6.92 Å². The maximum atomic E-state index is 9.75. The third kappa shape index (κ3) is 3140. The number of carbonyl (C=O) groups excluding carboxylic acids is 1. The minimum atomic E-state index is -1.83. The predicted molar refractivity (Wildman–Crippen MR) is 59.3 cm³/mol.